The second kappa shape index (κ2) is 8.29. The number of fused-ring (bicyclic) bond motifs is 1. The van der Waals surface area contributed by atoms with Gasteiger partial charge in [0.1, 0.15) is 5.75 Å². The SMILES string of the molecule is COc1cccc(C(=O)C[C@]2(O)C(=O)N(Cc3ccc(C)cc3)c3ccc(Br)cc32)c1. The van der Waals surface area contributed by atoms with Gasteiger partial charge in [0, 0.05) is 15.6 Å². The zero-order valence-corrected chi connectivity index (χ0v) is 18.8. The number of halogens is 1. The van der Waals surface area contributed by atoms with E-state index in [1.807, 2.05) is 37.3 Å². The average Bonchev–Trinajstić information content (AvgIpc) is 2.96. The molecule has 0 aliphatic carbocycles. The number of hydrogen-bond acceptors (Lipinski definition) is 4. The summed E-state index contributed by atoms with van der Waals surface area (Å²) in [6.07, 6.45) is -0.354. The molecule has 1 heterocycles. The van der Waals surface area contributed by atoms with Crippen LogP contribution in [-0.2, 0) is 16.9 Å². The Morgan fingerprint density at radius 1 is 1.10 bits per heavy atom. The van der Waals surface area contributed by atoms with Gasteiger partial charge in [-0.25, -0.2) is 0 Å². The summed E-state index contributed by atoms with van der Waals surface area (Å²) < 4.78 is 5.91. The van der Waals surface area contributed by atoms with Crippen LogP contribution in [-0.4, -0.2) is 23.9 Å². The van der Waals surface area contributed by atoms with Crippen molar-refractivity contribution in [1.29, 1.82) is 0 Å². The van der Waals surface area contributed by atoms with Crippen molar-refractivity contribution in [3.05, 3.63) is 93.5 Å². The van der Waals surface area contributed by atoms with Crippen molar-refractivity contribution in [1.82, 2.24) is 0 Å². The number of hydrogen-bond donors (Lipinski definition) is 1. The molecule has 6 heteroatoms. The maximum absolute atomic E-state index is 13.4. The number of benzene rings is 3. The van der Waals surface area contributed by atoms with Crippen molar-refractivity contribution in [3.63, 3.8) is 0 Å². The van der Waals surface area contributed by atoms with Crippen LogP contribution in [0.2, 0.25) is 0 Å². The molecule has 158 valence electrons. The first-order valence-electron chi connectivity index (χ1n) is 9.89. The smallest absolute Gasteiger partial charge is 0.264 e. The summed E-state index contributed by atoms with van der Waals surface area (Å²) >= 11 is 3.42. The fourth-order valence-corrected chi connectivity index (χ4v) is 4.22. The minimum atomic E-state index is -1.94. The van der Waals surface area contributed by atoms with Crippen LogP contribution in [0.15, 0.2) is 71.2 Å². The Balaban J connectivity index is 1.69. The summed E-state index contributed by atoms with van der Waals surface area (Å²) in [6, 6.07) is 19.9. The molecular weight excluding hydrogens is 458 g/mol. The standard InChI is InChI=1S/C25H22BrNO4/c1-16-6-8-17(9-7-16)15-27-22-11-10-19(26)13-21(22)25(30,24(27)29)14-23(28)18-4-3-5-20(12-18)31-2/h3-13,30H,14-15H2,1-2H3/t25-/m1/s1. The molecule has 4 rings (SSSR count). The van der Waals surface area contributed by atoms with E-state index in [1.165, 1.54) is 7.11 Å². The lowest BCUT2D eigenvalue weighted by Crippen LogP contribution is -2.41. The Morgan fingerprint density at radius 3 is 2.55 bits per heavy atom. The van der Waals surface area contributed by atoms with E-state index in [9.17, 15) is 14.7 Å². The third-order valence-corrected chi connectivity index (χ3v) is 6.06. The van der Waals surface area contributed by atoms with Gasteiger partial charge in [-0.2, -0.15) is 0 Å². The maximum Gasteiger partial charge on any atom is 0.264 e. The molecule has 1 amide bonds. The largest absolute Gasteiger partial charge is 0.497 e. The van der Waals surface area contributed by atoms with Crippen LogP contribution >= 0.6 is 15.9 Å². The molecule has 1 aliphatic rings. The van der Waals surface area contributed by atoms with Crippen LogP contribution in [0.25, 0.3) is 0 Å². The molecule has 1 atom stereocenters. The number of nitrogens with zero attached hydrogens (tertiary/aromatic N) is 1. The number of rotatable bonds is 6. The zero-order valence-electron chi connectivity index (χ0n) is 17.3. The van der Waals surface area contributed by atoms with E-state index in [-0.39, 0.29) is 12.2 Å². The van der Waals surface area contributed by atoms with Gasteiger partial charge < -0.3 is 14.7 Å². The molecule has 0 aromatic heterocycles. The highest BCUT2D eigenvalue weighted by Crippen LogP contribution is 2.44. The zero-order chi connectivity index (χ0) is 22.2. The Bertz CT molecular complexity index is 1160. The van der Waals surface area contributed by atoms with Crippen LogP contribution in [0.3, 0.4) is 0 Å². The molecule has 1 aliphatic heterocycles. The Kier molecular flexibility index (Phi) is 5.69. The van der Waals surface area contributed by atoms with Crippen LogP contribution < -0.4 is 9.64 Å². The quantitative estimate of drug-likeness (QED) is 0.516. The highest BCUT2D eigenvalue weighted by molar-refractivity contribution is 9.10. The van der Waals surface area contributed by atoms with E-state index in [1.54, 1.807) is 41.3 Å². The summed E-state index contributed by atoms with van der Waals surface area (Å²) in [5.41, 5.74) is 1.54. The van der Waals surface area contributed by atoms with Crippen molar-refractivity contribution < 1.29 is 19.4 Å². The van der Waals surface area contributed by atoms with Crippen molar-refractivity contribution >= 4 is 33.3 Å². The van der Waals surface area contributed by atoms with Gasteiger partial charge in [0.25, 0.3) is 5.91 Å². The van der Waals surface area contributed by atoms with E-state index in [0.29, 0.717) is 29.1 Å². The summed E-state index contributed by atoms with van der Waals surface area (Å²) in [4.78, 5) is 28.0. The lowest BCUT2D eigenvalue weighted by atomic mass is 9.88. The monoisotopic (exact) mass is 479 g/mol. The van der Waals surface area contributed by atoms with Gasteiger partial charge in [-0.15, -0.1) is 0 Å². The number of aryl methyl sites for hydroxylation is 1. The molecule has 3 aromatic rings. The first-order chi connectivity index (χ1) is 14.8. The van der Waals surface area contributed by atoms with E-state index < -0.39 is 11.5 Å². The fourth-order valence-electron chi connectivity index (χ4n) is 3.86. The highest BCUT2D eigenvalue weighted by Gasteiger charge is 2.51. The predicted octanol–water partition coefficient (Wildman–Crippen LogP) is 4.77. The average molecular weight is 480 g/mol. The minimum absolute atomic E-state index is 0.309. The van der Waals surface area contributed by atoms with Crippen molar-refractivity contribution in [2.75, 3.05) is 12.0 Å². The molecule has 3 aromatic carbocycles. The number of ether oxygens (including phenoxy) is 1. The first kappa shape index (κ1) is 21.3. The lowest BCUT2D eigenvalue weighted by Gasteiger charge is -2.23. The van der Waals surface area contributed by atoms with Crippen molar-refractivity contribution in [2.45, 2.75) is 25.5 Å². The van der Waals surface area contributed by atoms with Gasteiger partial charge in [-0.3, -0.25) is 9.59 Å². The maximum atomic E-state index is 13.4. The number of Topliss-reactive ketones (excluding diaryl/α,β-unsaturated/α-hetero) is 1. The van der Waals surface area contributed by atoms with Crippen LogP contribution in [0.4, 0.5) is 5.69 Å². The Labute approximate surface area is 189 Å². The van der Waals surface area contributed by atoms with Crippen LogP contribution in [0.1, 0.15) is 33.5 Å². The number of ketones is 1. The molecule has 0 unspecified atom stereocenters. The topological polar surface area (TPSA) is 66.8 Å². The lowest BCUT2D eigenvalue weighted by molar-refractivity contribution is -0.136. The number of carbonyl (C=O) groups is 2. The molecule has 31 heavy (non-hydrogen) atoms. The molecule has 0 saturated carbocycles. The second-order valence-electron chi connectivity index (χ2n) is 7.73. The normalized spacial score (nSPS) is 17.5. The van der Waals surface area contributed by atoms with Crippen molar-refractivity contribution in [2.24, 2.45) is 0 Å². The van der Waals surface area contributed by atoms with E-state index in [2.05, 4.69) is 15.9 Å². The number of anilines is 1. The van der Waals surface area contributed by atoms with E-state index in [0.717, 1.165) is 15.6 Å². The fraction of sp³-hybridized carbons (Fsp3) is 0.200. The summed E-state index contributed by atoms with van der Waals surface area (Å²) in [6.45, 7) is 2.31. The summed E-state index contributed by atoms with van der Waals surface area (Å²) in [5, 5.41) is 11.5. The summed E-state index contributed by atoms with van der Waals surface area (Å²) in [7, 11) is 1.52. The molecule has 0 radical (unpaired) electrons. The molecule has 0 bridgehead atoms. The molecule has 1 N–H and O–H groups in total. The summed E-state index contributed by atoms with van der Waals surface area (Å²) in [5.74, 6) is -0.296. The van der Waals surface area contributed by atoms with Crippen molar-refractivity contribution in [3.8, 4) is 5.75 Å². The third-order valence-electron chi connectivity index (χ3n) is 5.56. The number of aliphatic hydroxyl groups is 1. The number of carbonyl (C=O) groups excluding carboxylic acids is 2. The Hall–Kier alpha value is -2.96. The van der Waals surface area contributed by atoms with Gasteiger partial charge in [0.15, 0.2) is 11.4 Å². The van der Waals surface area contributed by atoms with Gasteiger partial charge in [0.2, 0.25) is 0 Å². The van der Waals surface area contributed by atoms with Crippen LogP contribution in [0, 0.1) is 6.92 Å². The molecule has 0 saturated heterocycles. The minimum Gasteiger partial charge on any atom is -0.497 e. The number of methoxy groups -OCH3 is 1. The van der Waals surface area contributed by atoms with Gasteiger partial charge in [-0.05, 0) is 42.8 Å². The second-order valence-corrected chi connectivity index (χ2v) is 8.65. The van der Waals surface area contributed by atoms with Gasteiger partial charge in [-0.1, -0.05) is 57.9 Å². The van der Waals surface area contributed by atoms with Crippen LogP contribution in [0.5, 0.6) is 5.75 Å². The highest BCUT2D eigenvalue weighted by atomic mass is 79.9. The molecular formula is C25H22BrNO4. The third kappa shape index (κ3) is 4.01. The molecule has 0 spiro atoms. The van der Waals surface area contributed by atoms with E-state index in [4.69, 9.17) is 4.74 Å². The van der Waals surface area contributed by atoms with Gasteiger partial charge in [0.05, 0.1) is 25.8 Å². The first-order valence-corrected chi connectivity index (χ1v) is 10.7. The molecule has 0 fully saturated rings. The molecule has 5 nitrogen and oxygen atoms in total. The predicted molar refractivity (Wildman–Crippen MR) is 122 cm³/mol. The van der Waals surface area contributed by atoms with Gasteiger partial charge >= 0.3 is 0 Å². The van der Waals surface area contributed by atoms with E-state index >= 15 is 0 Å². The Morgan fingerprint density at radius 2 is 1.84 bits per heavy atom. The number of amides is 1.